The standard InChI is InChI=1S/C18H16ClFN4O5S2/c1-29-18(25)14-13-7-10(23-31(26,27)28)8-24(13)16(17-21-4-5-30-17)22-15(14)11-3-2-9(20)6-12(11)19/h2-6,10,15,23H,7-8H2,1H3,(H,26,27,28)/t10-,15-/m0/s1. The summed E-state index contributed by atoms with van der Waals surface area (Å²) in [7, 11) is -3.26. The molecule has 164 valence electrons. The number of esters is 1. The molecule has 2 N–H and O–H groups in total. The summed E-state index contributed by atoms with van der Waals surface area (Å²) in [4.78, 5) is 23.4. The van der Waals surface area contributed by atoms with Crippen LogP contribution in [0.1, 0.15) is 23.0 Å². The molecule has 3 heterocycles. The molecule has 2 aromatic rings. The number of fused-ring (bicyclic) bond motifs is 1. The number of rotatable bonds is 5. The van der Waals surface area contributed by atoms with Crippen molar-refractivity contribution in [3.8, 4) is 0 Å². The monoisotopic (exact) mass is 486 g/mol. The van der Waals surface area contributed by atoms with Gasteiger partial charge in [-0.05, 0) is 12.1 Å². The van der Waals surface area contributed by atoms with Crippen LogP contribution in [-0.4, -0.2) is 54.4 Å². The van der Waals surface area contributed by atoms with E-state index in [-0.39, 0.29) is 23.6 Å². The maximum atomic E-state index is 13.6. The normalized spacial score (nSPS) is 21.2. The first kappa shape index (κ1) is 21.8. The molecule has 31 heavy (non-hydrogen) atoms. The Morgan fingerprint density at radius 2 is 2.23 bits per heavy atom. The van der Waals surface area contributed by atoms with E-state index in [4.69, 9.17) is 21.3 Å². The number of carbonyl (C=O) groups excluding carboxylic acids is 1. The number of carbonyl (C=O) groups is 1. The van der Waals surface area contributed by atoms with Crippen molar-refractivity contribution < 1.29 is 26.9 Å². The first-order valence-electron chi connectivity index (χ1n) is 8.94. The average molecular weight is 487 g/mol. The highest BCUT2D eigenvalue weighted by Crippen LogP contribution is 2.42. The zero-order valence-electron chi connectivity index (χ0n) is 15.9. The molecule has 0 aliphatic carbocycles. The predicted molar refractivity (Wildman–Crippen MR) is 112 cm³/mol. The van der Waals surface area contributed by atoms with Gasteiger partial charge in [-0.15, -0.1) is 11.3 Å². The molecule has 2 aliphatic rings. The van der Waals surface area contributed by atoms with Crippen LogP contribution in [0.25, 0.3) is 0 Å². The van der Waals surface area contributed by atoms with Crippen LogP contribution in [0.5, 0.6) is 0 Å². The molecule has 1 aromatic carbocycles. The van der Waals surface area contributed by atoms with E-state index in [0.717, 1.165) is 6.07 Å². The summed E-state index contributed by atoms with van der Waals surface area (Å²) < 4.78 is 52.7. The van der Waals surface area contributed by atoms with Gasteiger partial charge in [-0.2, -0.15) is 13.1 Å². The molecular formula is C18H16ClFN4O5S2. The molecule has 2 atom stereocenters. The van der Waals surface area contributed by atoms with Crippen LogP contribution >= 0.6 is 22.9 Å². The van der Waals surface area contributed by atoms with Gasteiger partial charge >= 0.3 is 16.3 Å². The van der Waals surface area contributed by atoms with E-state index in [0.29, 0.717) is 22.1 Å². The lowest BCUT2D eigenvalue weighted by molar-refractivity contribution is -0.136. The number of amidine groups is 1. The fourth-order valence-electron chi connectivity index (χ4n) is 3.70. The van der Waals surface area contributed by atoms with Crippen molar-refractivity contribution in [3.63, 3.8) is 0 Å². The van der Waals surface area contributed by atoms with Crippen molar-refractivity contribution in [1.29, 1.82) is 0 Å². The van der Waals surface area contributed by atoms with E-state index in [1.165, 1.54) is 30.6 Å². The molecule has 9 nitrogen and oxygen atoms in total. The Morgan fingerprint density at radius 3 is 2.84 bits per heavy atom. The number of aromatic nitrogens is 1. The fourth-order valence-corrected chi connectivity index (χ4v) is 5.19. The third-order valence-electron chi connectivity index (χ3n) is 4.86. The maximum absolute atomic E-state index is 13.6. The van der Waals surface area contributed by atoms with Crippen molar-refractivity contribution in [2.24, 2.45) is 4.99 Å². The topological polar surface area (TPSA) is 121 Å². The zero-order valence-corrected chi connectivity index (χ0v) is 18.3. The lowest BCUT2D eigenvalue weighted by Crippen LogP contribution is -2.39. The molecule has 4 rings (SSSR count). The Morgan fingerprint density at radius 1 is 1.45 bits per heavy atom. The van der Waals surface area contributed by atoms with Gasteiger partial charge in [0.2, 0.25) is 0 Å². The predicted octanol–water partition coefficient (Wildman–Crippen LogP) is 2.33. The van der Waals surface area contributed by atoms with Crippen LogP contribution in [-0.2, 0) is 19.8 Å². The van der Waals surface area contributed by atoms with E-state index in [1.54, 1.807) is 16.5 Å². The molecule has 0 unspecified atom stereocenters. The summed E-state index contributed by atoms with van der Waals surface area (Å²) in [5, 5.41) is 2.37. The highest BCUT2D eigenvalue weighted by Gasteiger charge is 2.43. The number of aliphatic imine (C=N–C) groups is 1. The van der Waals surface area contributed by atoms with Gasteiger partial charge in [0.15, 0.2) is 10.8 Å². The quantitative estimate of drug-likeness (QED) is 0.491. The van der Waals surface area contributed by atoms with E-state index >= 15 is 0 Å². The van der Waals surface area contributed by atoms with Crippen molar-refractivity contribution in [2.75, 3.05) is 13.7 Å². The number of benzene rings is 1. The number of hydrogen-bond acceptors (Lipinski definition) is 8. The number of ether oxygens (including phenoxy) is 1. The van der Waals surface area contributed by atoms with E-state index in [2.05, 4.69) is 9.71 Å². The Bertz CT molecular complexity index is 1200. The van der Waals surface area contributed by atoms with Gasteiger partial charge in [0, 0.05) is 46.9 Å². The van der Waals surface area contributed by atoms with Crippen LogP contribution in [0, 0.1) is 5.82 Å². The summed E-state index contributed by atoms with van der Waals surface area (Å²) in [6.07, 6.45) is 1.68. The first-order chi connectivity index (χ1) is 14.7. The molecule has 2 aliphatic heterocycles. The van der Waals surface area contributed by atoms with Gasteiger partial charge < -0.3 is 9.64 Å². The highest BCUT2D eigenvalue weighted by molar-refractivity contribution is 7.83. The van der Waals surface area contributed by atoms with Crippen molar-refractivity contribution in [2.45, 2.75) is 18.5 Å². The van der Waals surface area contributed by atoms with Crippen LogP contribution < -0.4 is 4.72 Å². The number of hydrogen-bond donors (Lipinski definition) is 2. The van der Waals surface area contributed by atoms with Crippen LogP contribution in [0.2, 0.25) is 5.02 Å². The molecule has 0 amide bonds. The summed E-state index contributed by atoms with van der Waals surface area (Å²) in [6.45, 7) is 0.109. The number of nitrogens with one attached hydrogen (secondary N) is 1. The average Bonchev–Trinajstić information content (AvgIpc) is 3.34. The second kappa shape index (κ2) is 8.28. The second-order valence-electron chi connectivity index (χ2n) is 6.81. The summed E-state index contributed by atoms with van der Waals surface area (Å²) in [5.41, 5.74) is 0.991. The number of thiazole rings is 1. The number of nitrogens with zero attached hydrogens (tertiary/aromatic N) is 3. The summed E-state index contributed by atoms with van der Waals surface area (Å²) >= 11 is 7.58. The largest absolute Gasteiger partial charge is 0.466 e. The molecular weight excluding hydrogens is 471 g/mol. The smallest absolute Gasteiger partial charge is 0.338 e. The Labute approximate surface area is 186 Å². The Hall–Kier alpha value is -2.38. The summed E-state index contributed by atoms with van der Waals surface area (Å²) in [6, 6.07) is 2.13. The van der Waals surface area contributed by atoms with Gasteiger partial charge in [0.25, 0.3) is 0 Å². The van der Waals surface area contributed by atoms with E-state index in [9.17, 15) is 22.2 Å². The molecule has 1 saturated heterocycles. The molecule has 1 fully saturated rings. The van der Waals surface area contributed by atoms with Crippen LogP contribution in [0.4, 0.5) is 4.39 Å². The minimum absolute atomic E-state index is 0.0771. The third-order valence-corrected chi connectivity index (χ3v) is 6.59. The minimum Gasteiger partial charge on any atom is -0.466 e. The second-order valence-corrected chi connectivity index (χ2v) is 9.30. The van der Waals surface area contributed by atoms with Gasteiger partial charge in [-0.3, -0.25) is 9.55 Å². The molecule has 0 saturated carbocycles. The third kappa shape index (κ3) is 4.34. The summed E-state index contributed by atoms with van der Waals surface area (Å²) in [5.74, 6) is -0.816. The highest BCUT2D eigenvalue weighted by atomic mass is 35.5. The van der Waals surface area contributed by atoms with Gasteiger partial charge in [-0.25, -0.2) is 14.2 Å². The first-order valence-corrected chi connectivity index (χ1v) is 11.6. The molecule has 0 spiro atoms. The SMILES string of the molecule is COC(=O)C1=C2C[C@H](NS(=O)(=O)O)CN2C(c2nccs2)=N[C@H]1c1ccc(F)cc1Cl. The Kier molecular flexibility index (Phi) is 5.83. The van der Waals surface area contributed by atoms with Gasteiger partial charge in [0.1, 0.15) is 11.9 Å². The van der Waals surface area contributed by atoms with Crippen LogP contribution in [0.3, 0.4) is 0 Å². The maximum Gasteiger partial charge on any atom is 0.338 e. The van der Waals surface area contributed by atoms with E-state index in [1.807, 2.05) is 0 Å². The van der Waals surface area contributed by atoms with E-state index < -0.39 is 34.2 Å². The van der Waals surface area contributed by atoms with Crippen molar-refractivity contribution in [1.82, 2.24) is 14.6 Å². The lowest BCUT2D eigenvalue weighted by Gasteiger charge is -2.31. The van der Waals surface area contributed by atoms with Gasteiger partial charge in [0.05, 0.1) is 12.7 Å². The van der Waals surface area contributed by atoms with Gasteiger partial charge in [-0.1, -0.05) is 17.7 Å². The number of methoxy groups -OCH3 is 1. The van der Waals surface area contributed by atoms with Crippen molar-refractivity contribution >= 4 is 45.0 Å². The molecule has 13 heteroatoms. The lowest BCUT2D eigenvalue weighted by atomic mass is 9.94. The number of halogens is 2. The molecule has 0 bridgehead atoms. The molecule has 0 radical (unpaired) electrons. The zero-order chi connectivity index (χ0) is 22.3. The van der Waals surface area contributed by atoms with Crippen molar-refractivity contribution in [3.05, 3.63) is 62.5 Å². The Balaban J connectivity index is 1.89. The fraction of sp³-hybridized carbons (Fsp3) is 0.278. The van der Waals surface area contributed by atoms with Crippen LogP contribution in [0.15, 0.2) is 46.0 Å². The molecule has 1 aromatic heterocycles. The minimum atomic E-state index is -4.47.